The largest absolute Gasteiger partial charge is 0.478 e. The number of benzene rings is 2. The highest BCUT2D eigenvalue weighted by Crippen LogP contribution is 2.42. The maximum atomic E-state index is 14.7. The van der Waals surface area contributed by atoms with Crippen molar-refractivity contribution in [2.45, 2.75) is 37.5 Å². The van der Waals surface area contributed by atoms with Gasteiger partial charge >= 0.3 is 18.3 Å². The summed E-state index contributed by atoms with van der Waals surface area (Å²) in [4.78, 5) is 11.0. The molecule has 0 spiro atoms. The first-order valence-corrected chi connectivity index (χ1v) is 9.43. The highest BCUT2D eigenvalue weighted by molar-refractivity contribution is 6.30. The Labute approximate surface area is 186 Å². The van der Waals surface area contributed by atoms with Crippen LogP contribution in [0, 0.1) is 0 Å². The van der Waals surface area contributed by atoms with Gasteiger partial charge in [-0.05, 0) is 42.0 Å². The number of allylic oxidation sites excluding steroid dienone is 1. The predicted molar refractivity (Wildman–Crippen MR) is 102 cm³/mol. The molecule has 0 aliphatic carbocycles. The molecule has 1 atom stereocenters. The number of rotatable bonds is 6. The van der Waals surface area contributed by atoms with Gasteiger partial charge in [0.2, 0.25) is 0 Å². The van der Waals surface area contributed by atoms with Gasteiger partial charge in [-0.25, -0.2) is 18.0 Å². The molecule has 1 unspecified atom stereocenters. The lowest BCUT2D eigenvalue weighted by Gasteiger charge is -2.21. The van der Waals surface area contributed by atoms with Crippen LogP contribution in [0.15, 0.2) is 42.5 Å². The Hall–Kier alpha value is -2.69. The molecule has 0 radical (unpaired) electrons. The second-order valence-electron chi connectivity index (χ2n) is 6.93. The fraction of sp³-hybridized carbons (Fsp3) is 0.286. The van der Waals surface area contributed by atoms with Crippen LogP contribution in [0.25, 0.3) is 5.83 Å². The minimum atomic E-state index is -5.24. The van der Waals surface area contributed by atoms with Gasteiger partial charge in [-0.1, -0.05) is 24.6 Å². The molecular formula is C21H14ClF9O2. The molecule has 0 fully saturated rings. The van der Waals surface area contributed by atoms with E-state index < -0.39 is 75.2 Å². The minimum absolute atomic E-state index is 0.0529. The smallest absolute Gasteiger partial charge is 0.417 e. The van der Waals surface area contributed by atoms with E-state index in [9.17, 15) is 44.3 Å². The Balaban J connectivity index is 2.65. The number of carboxylic acid groups (broad SMARTS) is 1. The number of carbonyl (C=O) groups is 1. The van der Waals surface area contributed by atoms with Crippen LogP contribution in [0.5, 0.6) is 0 Å². The van der Waals surface area contributed by atoms with E-state index in [2.05, 4.69) is 0 Å². The third-order valence-electron chi connectivity index (χ3n) is 4.64. The zero-order valence-electron chi connectivity index (χ0n) is 16.5. The summed E-state index contributed by atoms with van der Waals surface area (Å²) >= 11 is 5.68. The third kappa shape index (κ3) is 6.21. The molecule has 180 valence electrons. The molecule has 12 heteroatoms. The zero-order valence-corrected chi connectivity index (χ0v) is 17.2. The van der Waals surface area contributed by atoms with Crippen molar-refractivity contribution in [2.24, 2.45) is 0 Å². The van der Waals surface area contributed by atoms with Crippen molar-refractivity contribution in [1.29, 1.82) is 0 Å². The van der Waals surface area contributed by atoms with Gasteiger partial charge in [0.15, 0.2) is 0 Å². The second kappa shape index (κ2) is 9.28. The van der Waals surface area contributed by atoms with Crippen LogP contribution in [0.1, 0.15) is 51.9 Å². The number of alkyl halides is 8. The summed E-state index contributed by atoms with van der Waals surface area (Å²) in [6.07, 6.45) is -11.3. The summed E-state index contributed by atoms with van der Waals surface area (Å²) in [6, 6.07) is 2.95. The molecule has 2 aromatic carbocycles. The van der Waals surface area contributed by atoms with Crippen molar-refractivity contribution in [3.05, 3.63) is 75.3 Å². The van der Waals surface area contributed by atoms with E-state index in [4.69, 9.17) is 16.7 Å². The van der Waals surface area contributed by atoms with Crippen molar-refractivity contribution in [3.63, 3.8) is 0 Å². The summed E-state index contributed by atoms with van der Waals surface area (Å²) in [5, 5.41) is 8.38. The first-order valence-electron chi connectivity index (χ1n) is 9.05. The molecule has 2 nitrogen and oxygen atoms in total. The van der Waals surface area contributed by atoms with Crippen LogP contribution in [-0.2, 0) is 12.1 Å². The van der Waals surface area contributed by atoms with E-state index >= 15 is 0 Å². The fourth-order valence-electron chi connectivity index (χ4n) is 2.94. The van der Waals surface area contributed by atoms with Crippen molar-refractivity contribution in [2.75, 3.05) is 0 Å². The molecule has 2 rings (SSSR count). The quantitative estimate of drug-likeness (QED) is 0.402. The summed E-state index contributed by atoms with van der Waals surface area (Å²) in [5.41, 5.74) is -5.69. The Bertz CT molecular complexity index is 1070. The fourth-order valence-corrected chi connectivity index (χ4v) is 3.19. The van der Waals surface area contributed by atoms with Gasteiger partial charge in [0.1, 0.15) is 11.7 Å². The first kappa shape index (κ1) is 26.6. The van der Waals surface area contributed by atoms with Crippen LogP contribution >= 0.6 is 11.6 Å². The highest BCUT2D eigenvalue weighted by Gasteiger charge is 2.42. The second-order valence-corrected chi connectivity index (χ2v) is 7.36. The summed E-state index contributed by atoms with van der Waals surface area (Å²) in [5.74, 6) is -10.1. The summed E-state index contributed by atoms with van der Waals surface area (Å²) in [6.45, 7) is 1.08. The average Bonchev–Trinajstić information content (AvgIpc) is 2.69. The molecule has 0 saturated heterocycles. The third-order valence-corrected chi connectivity index (χ3v) is 4.86. The Kier molecular flexibility index (Phi) is 7.47. The molecule has 1 N–H and O–H groups in total. The molecule has 2 aromatic rings. The van der Waals surface area contributed by atoms with Gasteiger partial charge in [0.05, 0.1) is 11.1 Å². The first-order chi connectivity index (χ1) is 15.0. The van der Waals surface area contributed by atoms with Crippen LogP contribution in [-0.4, -0.2) is 17.3 Å². The molecule has 0 aliphatic rings. The van der Waals surface area contributed by atoms with Crippen LogP contribution in [0.2, 0.25) is 5.02 Å². The lowest BCUT2D eigenvalue weighted by molar-refractivity contribution is -0.140. The van der Waals surface area contributed by atoms with Crippen molar-refractivity contribution in [1.82, 2.24) is 0 Å². The van der Waals surface area contributed by atoms with Crippen LogP contribution in [0.3, 0.4) is 0 Å². The number of hydrogen-bond donors (Lipinski definition) is 1. The monoisotopic (exact) mass is 504 g/mol. The van der Waals surface area contributed by atoms with Gasteiger partial charge in [0, 0.05) is 22.6 Å². The lowest BCUT2D eigenvalue weighted by Crippen LogP contribution is -2.20. The SMILES string of the molecule is CCC(F)(F)c1cc(Cl)cc(C(/C=C(\F)c2ccc(C(=O)O)c(C(F)(F)F)c2)C(F)(F)F)c1. The van der Waals surface area contributed by atoms with Gasteiger partial charge in [-0.3, -0.25) is 0 Å². The minimum Gasteiger partial charge on any atom is -0.478 e. The van der Waals surface area contributed by atoms with E-state index in [0.29, 0.717) is 24.3 Å². The predicted octanol–water partition coefficient (Wildman–Crippen LogP) is 8.22. The topological polar surface area (TPSA) is 37.3 Å². The Morgan fingerprint density at radius 2 is 1.64 bits per heavy atom. The Morgan fingerprint density at radius 3 is 2.12 bits per heavy atom. The van der Waals surface area contributed by atoms with Gasteiger partial charge in [-0.15, -0.1) is 0 Å². The summed E-state index contributed by atoms with van der Waals surface area (Å²) < 4.78 is 123. The number of carboxylic acids is 1. The highest BCUT2D eigenvalue weighted by atomic mass is 35.5. The number of hydrogen-bond acceptors (Lipinski definition) is 1. The lowest BCUT2D eigenvalue weighted by atomic mass is 9.92. The van der Waals surface area contributed by atoms with Crippen LogP contribution < -0.4 is 0 Å². The van der Waals surface area contributed by atoms with Crippen molar-refractivity contribution >= 4 is 23.4 Å². The molecule has 0 saturated carbocycles. The maximum absolute atomic E-state index is 14.7. The number of halogens is 10. The van der Waals surface area contributed by atoms with Crippen molar-refractivity contribution in [3.8, 4) is 0 Å². The number of aromatic carboxylic acids is 1. The van der Waals surface area contributed by atoms with Crippen LogP contribution in [0.4, 0.5) is 39.5 Å². The average molecular weight is 505 g/mol. The normalized spacial score (nSPS) is 14.3. The van der Waals surface area contributed by atoms with Gasteiger partial charge in [0.25, 0.3) is 5.92 Å². The van der Waals surface area contributed by atoms with Gasteiger partial charge < -0.3 is 5.11 Å². The molecule has 0 bridgehead atoms. The summed E-state index contributed by atoms with van der Waals surface area (Å²) in [7, 11) is 0. The van der Waals surface area contributed by atoms with E-state index in [0.717, 1.165) is 13.0 Å². The molecular weight excluding hydrogens is 491 g/mol. The Morgan fingerprint density at radius 1 is 1.03 bits per heavy atom. The van der Waals surface area contributed by atoms with E-state index in [1.807, 2.05) is 0 Å². The van der Waals surface area contributed by atoms with E-state index in [-0.39, 0.29) is 12.1 Å². The van der Waals surface area contributed by atoms with Gasteiger partial charge in [-0.2, -0.15) is 26.3 Å². The van der Waals surface area contributed by atoms with Crippen molar-refractivity contribution < 1.29 is 49.4 Å². The molecule has 0 amide bonds. The van der Waals surface area contributed by atoms with E-state index in [1.54, 1.807) is 0 Å². The molecule has 0 heterocycles. The maximum Gasteiger partial charge on any atom is 0.417 e. The molecule has 0 aromatic heterocycles. The zero-order chi connectivity index (χ0) is 25.4. The standard InChI is InChI=1S/C21H14ClF9O2/c1-2-19(24,25)12-5-11(6-13(22)8-12)15(20(26,27)28)9-17(23)10-3-4-14(18(32)33)16(7-10)21(29,30)31/h3-9,15H,2H2,1H3,(H,32,33)/b17-9-. The molecule has 0 aliphatic heterocycles. The molecule has 33 heavy (non-hydrogen) atoms. The van der Waals surface area contributed by atoms with E-state index in [1.165, 1.54) is 0 Å².